The topological polar surface area (TPSA) is 40.6 Å². The number of nitrogens with zero attached hydrogens (tertiary/aromatic N) is 2. The minimum atomic E-state index is -0.705. The summed E-state index contributed by atoms with van der Waals surface area (Å²) in [7, 11) is 0. The van der Waals surface area contributed by atoms with E-state index in [2.05, 4.69) is 38.2 Å². The molecule has 11 heteroatoms. The van der Waals surface area contributed by atoms with Crippen LogP contribution in [0.25, 0.3) is 0 Å². The van der Waals surface area contributed by atoms with Crippen LogP contribution in [0.1, 0.15) is 97.1 Å². The third kappa shape index (κ3) is 20.9. The van der Waals surface area contributed by atoms with E-state index in [4.69, 9.17) is 23.2 Å². The van der Waals surface area contributed by atoms with E-state index in [1.807, 2.05) is 36.4 Å². The Hall–Kier alpha value is -4.21. The zero-order valence-electron chi connectivity index (χ0n) is 34.8. The minimum absolute atomic E-state index is 0. The first-order chi connectivity index (χ1) is 29.0. The van der Waals surface area contributed by atoms with Gasteiger partial charge in [0.2, 0.25) is 0 Å². The van der Waals surface area contributed by atoms with E-state index in [1.54, 1.807) is 58.3 Å². The van der Waals surface area contributed by atoms with Crippen molar-refractivity contribution in [3.63, 3.8) is 0 Å². The van der Waals surface area contributed by atoms with Crippen LogP contribution in [0.2, 0.25) is 10.0 Å². The van der Waals surface area contributed by atoms with Gasteiger partial charge in [-0.2, -0.15) is 24.3 Å². The minimum Gasteiger partial charge on any atom is -0.339 e. The number of amides is 2. The number of carbonyl (C=O) groups is 2. The fraction of sp³-hybridized carbons (Fsp3) is 0.320. The van der Waals surface area contributed by atoms with Gasteiger partial charge >= 0.3 is 21.7 Å². The number of hydrogen-bond donors (Lipinski definition) is 0. The summed E-state index contributed by atoms with van der Waals surface area (Å²) in [5, 5.41) is 1.17. The summed E-state index contributed by atoms with van der Waals surface area (Å²) in [6, 6.07) is 22.9. The van der Waals surface area contributed by atoms with Crippen molar-refractivity contribution in [2.45, 2.75) is 78.1 Å². The first-order valence-electron chi connectivity index (χ1n) is 20.3. The van der Waals surface area contributed by atoms with Crippen LogP contribution in [0.5, 0.6) is 0 Å². The molecule has 61 heavy (non-hydrogen) atoms. The molecule has 2 amide bonds. The third-order valence-electron chi connectivity index (χ3n) is 9.12. The van der Waals surface area contributed by atoms with Gasteiger partial charge in [0.15, 0.2) is 0 Å². The molecule has 0 spiro atoms. The van der Waals surface area contributed by atoms with E-state index >= 15 is 0 Å². The van der Waals surface area contributed by atoms with Crippen LogP contribution < -0.4 is 0 Å². The fourth-order valence-corrected chi connectivity index (χ4v) is 6.06. The molecule has 0 heterocycles. The molecule has 2 aliphatic carbocycles. The molecule has 0 atom stereocenters. The summed E-state index contributed by atoms with van der Waals surface area (Å²) in [5.74, 6) is -2.85. The van der Waals surface area contributed by atoms with Crippen molar-refractivity contribution in [2.24, 2.45) is 0 Å². The van der Waals surface area contributed by atoms with Crippen LogP contribution in [0.4, 0.5) is 17.6 Å². The maximum absolute atomic E-state index is 13.7. The van der Waals surface area contributed by atoms with E-state index in [9.17, 15) is 27.2 Å². The molecule has 0 bridgehead atoms. The molecule has 4 nitrogen and oxygen atoms in total. The van der Waals surface area contributed by atoms with Gasteiger partial charge in [-0.15, -0.1) is 48.2 Å². The van der Waals surface area contributed by atoms with Gasteiger partial charge in [-0.1, -0.05) is 62.7 Å². The van der Waals surface area contributed by atoms with E-state index in [1.165, 1.54) is 24.3 Å². The van der Waals surface area contributed by atoms with Crippen molar-refractivity contribution >= 4 is 35.0 Å². The Balaban J connectivity index is 0.000000335. The zero-order chi connectivity index (χ0) is 43.5. The first kappa shape index (κ1) is 52.9. The number of carbonyl (C=O) groups excluding carboxylic acids is 2. The smallest absolute Gasteiger partial charge is 0.339 e. The van der Waals surface area contributed by atoms with Crippen LogP contribution >= 0.6 is 23.2 Å². The van der Waals surface area contributed by atoms with Gasteiger partial charge in [-0.3, -0.25) is 21.7 Å². The van der Waals surface area contributed by atoms with Crippen molar-refractivity contribution in [1.82, 2.24) is 9.80 Å². The Morgan fingerprint density at radius 2 is 0.918 bits per heavy atom. The predicted molar refractivity (Wildman–Crippen MR) is 235 cm³/mol. The third-order valence-corrected chi connectivity index (χ3v) is 9.63. The summed E-state index contributed by atoms with van der Waals surface area (Å²) >= 11 is 11.7. The largest absolute Gasteiger partial charge is 4.00 e. The van der Waals surface area contributed by atoms with Crippen molar-refractivity contribution in [3.05, 3.63) is 189 Å². The average Bonchev–Trinajstić information content (AvgIpc) is 4.04. The normalized spacial score (nSPS) is 11.7. The van der Waals surface area contributed by atoms with E-state index in [0.717, 1.165) is 38.5 Å². The maximum atomic E-state index is 13.7. The Labute approximate surface area is 384 Å². The molecule has 0 saturated heterocycles. The Bertz CT molecular complexity index is 1860. The predicted octanol–water partition coefficient (Wildman–Crippen LogP) is 13.2. The molecular weight excluding hydrogens is 855 g/mol. The summed E-state index contributed by atoms with van der Waals surface area (Å²) < 4.78 is 53.1. The van der Waals surface area contributed by atoms with Gasteiger partial charge in [0.05, 0.1) is 0 Å². The molecule has 0 fully saturated rings. The molecule has 4 aromatic rings. The Morgan fingerprint density at radius 1 is 0.557 bits per heavy atom. The van der Waals surface area contributed by atoms with Crippen LogP contribution in [0, 0.1) is 47.6 Å². The van der Waals surface area contributed by atoms with Gasteiger partial charge in [-0.25, -0.2) is 41.9 Å². The summed E-state index contributed by atoms with van der Waals surface area (Å²) in [5.41, 5.74) is 2.00. The summed E-state index contributed by atoms with van der Waals surface area (Å²) in [6.45, 7) is 6.45. The number of halogens is 6. The van der Waals surface area contributed by atoms with E-state index < -0.39 is 23.3 Å². The molecule has 4 aromatic carbocycles. The van der Waals surface area contributed by atoms with Crippen molar-refractivity contribution in [3.8, 4) is 0 Å². The summed E-state index contributed by atoms with van der Waals surface area (Å²) in [6.07, 6.45) is 25.8. The average molecular weight is 908 g/mol. The molecule has 0 N–H and O–H groups in total. The Morgan fingerprint density at radius 3 is 1.20 bits per heavy atom. The molecular formula is C50H52Cl2F4N2O2Ti. The van der Waals surface area contributed by atoms with Gasteiger partial charge in [0, 0.05) is 70.6 Å². The van der Waals surface area contributed by atoms with E-state index in [-0.39, 0.29) is 33.5 Å². The maximum Gasteiger partial charge on any atom is 4.00 e. The number of allylic oxidation sites excluding steroid dienone is 8. The molecule has 6 rings (SSSR count). The molecule has 0 unspecified atom stereocenters. The van der Waals surface area contributed by atoms with Crippen molar-refractivity contribution < 1.29 is 48.9 Å². The molecule has 0 radical (unpaired) electrons. The van der Waals surface area contributed by atoms with Crippen LogP contribution in [0.3, 0.4) is 0 Å². The standard InChI is InChI=1S/2C20H21ClF2NO.2C5H5.Ti/c2*1-2-3-12-24(20(25)16-6-9-17(21)10-7-16)13-4-5-15-8-11-18(22)14-19(15)23;2*1-2-4-5-3-1;/h2*6-11H,2-5,12-13H2,1H3;2*1-3H,4H2;/q4*-1;+4. The second-order valence-corrected chi connectivity index (χ2v) is 14.7. The monoisotopic (exact) mass is 906 g/mol. The number of unbranched alkanes of at least 4 members (excludes halogenated alkanes) is 2. The van der Waals surface area contributed by atoms with Gasteiger partial charge < -0.3 is 9.80 Å². The molecule has 320 valence electrons. The van der Waals surface area contributed by atoms with Gasteiger partial charge in [0.1, 0.15) is 0 Å². The second-order valence-electron chi connectivity index (χ2n) is 13.8. The van der Waals surface area contributed by atoms with Crippen LogP contribution in [-0.2, 0) is 34.6 Å². The van der Waals surface area contributed by atoms with Crippen molar-refractivity contribution in [2.75, 3.05) is 26.2 Å². The van der Waals surface area contributed by atoms with Crippen LogP contribution in [0.15, 0.2) is 109 Å². The molecule has 0 aromatic heterocycles. The first-order valence-corrected chi connectivity index (χ1v) is 21.0. The zero-order valence-corrected chi connectivity index (χ0v) is 37.8. The fourth-order valence-electron chi connectivity index (χ4n) is 5.81. The van der Waals surface area contributed by atoms with Crippen molar-refractivity contribution in [1.29, 1.82) is 0 Å². The number of rotatable bonds is 16. The van der Waals surface area contributed by atoms with E-state index in [0.29, 0.717) is 84.2 Å². The summed E-state index contributed by atoms with van der Waals surface area (Å²) in [4.78, 5) is 28.9. The number of aryl methyl sites for hydroxylation is 2. The Kier molecular flexibility index (Phi) is 26.7. The molecule has 0 aliphatic heterocycles. The number of hydrogen-bond acceptors (Lipinski definition) is 2. The quantitative estimate of drug-likeness (QED) is 0.0638. The second kappa shape index (κ2) is 30.8. The SMILES string of the molecule is CCCCN(CCCc1ccc(F)[c-]c1F)C(=O)c1ccc(Cl)cc1.CCCCN(CCCc1ccc(F)[c-]c1F)C(=O)c1ccc(Cl)cc1.[C-]1=CC=CC1.[C-]1=CC=CC1.[Ti+4]. The van der Waals surface area contributed by atoms with Crippen LogP contribution in [-0.4, -0.2) is 47.8 Å². The molecule has 2 aliphatic rings. The van der Waals surface area contributed by atoms with Gasteiger partial charge in [-0.05, 0) is 74.2 Å². The van der Waals surface area contributed by atoms with Gasteiger partial charge in [0.25, 0.3) is 11.8 Å². The number of benzene rings is 4. The molecule has 0 saturated carbocycles.